The highest BCUT2D eigenvalue weighted by molar-refractivity contribution is 5.94. The number of halogens is 3. The van der Waals surface area contributed by atoms with E-state index in [9.17, 15) is 22.8 Å². The second-order valence-electron chi connectivity index (χ2n) is 13.1. The van der Waals surface area contributed by atoms with Crippen molar-refractivity contribution >= 4 is 17.6 Å². The summed E-state index contributed by atoms with van der Waals surface area (Å²) in [6, 6.07) is 5.10. The Morgan fingerprint density at radius 3 is 2.41 bits per heavy atom. The molecule has 1 aromatic carbocycles. The molecule has 0 bridgehead atoms. The fourth-order valence-corrected chi connectivity index (χ4v) is 7.41. The number of amides is 2. The summed E-state index contributed by atoms with van der Waals surface area (Å²) in [5.74, 6) is -0.0972. The number of carbonyl (C=O) groups excluding carboxylic acids is 2. The smallest absolute Gasteiger partial charge is 0.378 e. The SMILES string of the molecule is O=C(c1cnn(C(=O)N2CCC3(CCN(Cc4ccc(N5CCOCC5)cc4C(F)(F)F)C3)C2)c1)N1CCN(C2CC2)CC1. The molecular weight excluding hydrogens is 575 g/mol. The molecule has 1 unspecified atom stereocenters. The van der Waals surface area contributed by atoms with E-state index < -0.39 is 11.7 Å². The van der Waals surface area contributed by atoms with Crippen LogP contribution in [-0.2, 0) is 17.5 Å². The van der Waals surface area contributed by atoms with Gasteiger partial charge in [0.25, 0.3) is 5.91 Å². The molecular formula is C31H40F3N7O3. The third kappa shape index (κ3) is 6.05. The summed E-state index contributed by atoms with van der Waals surface area (Å²) in [6.45, 7) is 7.92. The van der Waals surface area contributed by atoms with Crippen molar-refractivity contribution < 1.29 is 27.5 Å². The van der Waals surface area contributed by atoms with E-state index in [1.54, 1.807) is 17.0 Å². The molecule has 7 rings (SSSR count). The maximum absolute atomic E-state index is 14.1. The van der Waals surface area contributed by atoms with Crippen molar-refractivity contribution in [1.29, 1.82) is 0 Å². The van der Waals surface area contributed by atoms with Gasteiger partial charge < -0.3 is 19.4 Å². The van der Waals surface area contributed by atoms with Crippen LogP contribution in [0.3, 0.4) is 0 Å². The highest BCUT2D eigenvalue weighted by atomic mass is 19.4. The van der Waals surface area contributed by atoms with E-state index in [0.717, 1.165) is 25.9 Å². The van der Waals surface area contributed by atoms with Crippen molar-refractivity contribution in [3.8, 4) is 0 Å². The summed E-state index contributed by atoms with van der Waals surface area (Å²) >= 11 is 0. The third-order valence-electron chi connectivity index (χ3n) is 10.1. The summed E-state index contributed by atoms with van der Waals surface area (Å²) < 4.78 is 49.0. The second kappa shape index (κ2) is 11.6. The first-order valence-electron chi connectivity index (χ1n) is 15.8. The minimum Gasteiger partial charge on any atom is -0.378 e. The van der Waals surface area contributed by atoms with Gasteiger partial charge in [0.2, 0.25) is 0 Å². The number of rotatable bonds is 5. The van der Waals surface area contributed by atoms with Crippen LogP contribution in [0.4, 0.5) is 23.7 Å². The van der Waals surface area contributed by atoms with Crippen LogP contribution in [0.15, 0.2) is 30.6 Å². The van der Waals surface area contributed by atoms with Gasteiger partial charge >= 0.3 is 12.2 Å². The number of aromatic nitrogens is 2. The van der Waals surface area contributed by atoms with Crippen LogP contribution >= 0.6 is 0 Å². The van der Waals surface area contributed by atoms with Crippen molar-refractivity contribution in [1.82, 2.24) is 29.4 Å². The summed E-state index contributed by atoms with van der Waals surface area (Å²) in [5, 5.41) is 4.23. The van der Waals surface area contributed by atoms with Crippen LogP contribution in [0.2, 0.25) is 0 Å². The zero-order chi connectivity index (χ0) is 30.5. The molecule has 2 aromatic rings. The maximum atomic E-state index is 14.1. The molecule has 0 N–H and O–H groups in total. The zero-order valence-corrected chi connectivity index (χ0v) is 25.0. The quantitative estimate of drug-likeness (QED) is 0.512. The van der Waals surface area contributed by atoms with Gasteiger partial charge in [-0.05, 0) is 49.9 Å². The molecule has 5 aliphatic rings. The highest BCUT2D eigenvalue weighted by Crippen LogP contribution is 2.42. The van der Waals surface area contributed by atoms with Gasteiger partial charge in [-0.1, -0.05) is 6.07 Å². The second-order valence-corrected chi connectivity index (χ2v) is 13.1. The van der Waals surface area contributed by atoms with Gasteiger partial charge in [0.1, 0.15) is 0 Å². The van der Waals surface area contributed by atoms with Crippen LogP contribution in [0.25, 0.3) is 0 Å². The Kier molecular flexibility index (Phi) is 7.82. The first kappa shape index (κ1) is 29.5. The van der Waals surface area contributed by atoms with Gasteiger partial charge in [0.05, 0.1) is 30.5 Å². The molecule has 1 aliphatic carbocycles. The van der Waals surface area contributed by atoms with E-state index in [-0.39, 0.29) is 29.5 Å². The molecule has 1 saturated carbocycles. The van der Waals surface area contributed by atoms with Crippen LogP contribution in [0, 0.1) is 5.41 Å². The van der Waals surface area contributed by atoms with E-state index in [2.05, 4.69) is 14.9 Å². The molecule has 5 fully saturated rings. The number of carbonyl (C=O) groups is 2. The van der Waals surface area contributed by atoms with E-state index >= 15 is 0 Å². The standard InChI is InChI=1S/C31H40F3N7O3/c32-31(33,34)27-17-26(38-13-15-44-16-14-38)2-1-23(27)19-36-7-5-30(21-36)6-8-40(22-30)29(43)41-20-24(18-35-41)28(42)39-11-9-37(10-12-39)25-3-4-25/h1-2,17-18,20,25H,3-16,19,21-22H2. The van der Waals surface area contributed by atoms with Crippen molar-refractivity contribution in [2.75, 3.05) is 83.6 Å². The lowest BCUT2D eigenvalue weighted by Gasteiger charge is -2.34. The number of hydrogen-bond acceptors (Lipinski definition) is 7. The highest BCUT2D eigenvalue weighted by Gasteiger charge is 2.46. The van der Waals surface area contributed by atoms with Gasteiger partial charge in [-0.15, -0.1) is 0 Å². The normalized spacial score (nSPS) is 25.4. The summed E-state index contributed by atoms with van der Waals surface area (Å²) in [6.07, 6.45) is 2.67. The van der Waals surface area contributed by atoms with Gasteiger partial charge in [-0.2, -0.15) is 23.0 Å². The first-order valence-corrected chi connectivity index (χ1v) is 15.8. The molecule has 1 atom stereocenters. The average molecular weight is 616 g/mol. The number of nitrogens with zero attached hydrogens (tertiary/aromatic N) is 7. The Hall–Kier alpha value is -3.16. The molecule has 4 aliphatic heterocycles. The van der Waals surface area contributed by atoms with Gasteiger partial charge in [-0.3, -0.25) is 14.6 Å². The molecule has 238 valence electrons. The fourth-order valence-electron chi connectivity index (χ4n) is 7.41. The number of benzene rings is 1. The fraction of sp³-hybridized carbons (Fsp3) is 0.645. The number of hydrogen-bond donors (Lipinski definition) is 0. The Morgan fingerprint density at radius 1 is 0.932 bits per heavy atom. The predicted molar refractivity (Wildman–Crippen MR) is 157 cm³/mol. The average Bonchev–Trinajstić information content (AvgIpc) is 3.42. The summed E-state index contributed by atoms with van der Waals surface area (Å²) in [7, 11) is 0. The first-order chi connectivity index (χ1) is 21.2. The zero-order valence-electron chi connectivity index (χ0n) is 25.0. The van der Waals surface area contributed by atoms with Gasteiger partial charge in [0.15, 0.2) is 0 Å². The molecule has 44 heavy (non-hydrogen) atoms. The molecule has 1 spiro atoms. The van der Waals surface area contributed by atoms with Crippen molar-refractivity contribution in [2.45, 2.75) is 44.4 Å². The molecule has 0 radical (unpaired) electrons. The van der Waals surface area contributed by atoms with E-state index in [0.29, 0.717) is 82.9 Å². The van der Waals surface area contributed by atoms with E-state index in [1.807, 2.05) is 9.80 Å². The van der Waals surface area contributed by atoms with E-state index in [4.69, 9.17) is 4.74 Å². The number of ether oxygens (including phenoxy) is 1. The number of morpholine rings is 1. The number of anilines is 1. The predicted octanol–water partition coefficient (Wildman–Crippen LogP) is 3.22. The van der Waals surface area contributed by atoms with E-state index in [1.165, 1.54) is 36.0 Å². The Bertz CT molecular complexity index is 1380. The Labute approximate surface area is 255 Å². The van der Waals surface area contributed by atoms with Gasteiger partial charge in [0, 0.05) is 88.8 Å². The lowest BCUT2D eigenvalue weighted by atomic mass is 9.86. The minimum absolute atomic E-state index is 0.0972. The molecule has 4 saturated heterocycles. The molecule has 1 aromatic heterocycles. The van der Waals surface area contributed by atoms with Crippen molar-refractivity contribution in [2.24, 2.45) is 5.41 Å². The van der Waals surface area contributed by atoms with Crippen LogP contribution < -0.4 is 4.90 Å². The van der Waals surface area contributed by atoms with Crippen molar-refractivity contribution in [3.63, 3.8) is 0 Å². The molecule has 2 amide bonds. The lowest BCUT2D eigenvalue weighted by Crippen LogP contribution is -2.49. The largest absolute Gasteiger partial charge is 0.416 e. The molecule has 10 nitrogen and oxygen atoms in total. The maximum Gasteiger partial charge on any atom is 0.416 e. The minimum atomic E-state index is -4.44. The number of likely N-dealkylation sites (tertiary alicyclic amines) is 2. The molecule has 13 heteroatoms. The van der Waals surface area contributed by atoms with Crippen LogP contribution in [0.1, 0.15) is 47.2 Å². The summed E-state index contributed by atoms with van der Waals surface area (Å²) in [4.78, 5) is 36.5. The van der Waals surface area contributed by atoms with Crippen molar-refractivity contribution in [3.05, 3.63) is 47.3 Å². The third-order valence-corrected chi connectivity index (χ3v) is 10.1. The Morgan fingerprint density at radius 2 is 1.68 bits per heavy atom. The topological polar surface area (TPSA) is 77.4 Å². The Balaban J connectivity index is 0.958. The number of alkyl halides is 3. The lowest BCUT2D eigenvalue weighted by molar-refractivity contribution is -0.138. The van der Waals surface area contributed by atoms with Crippen LogP contribution in [0.5, 0.6) is 0 Å². The summed E-state index contributed by atoms with van der Waals surface area (Å²) in [5.41, 5.74) is 0.528. The van der Waals surface area contributed by atoms with Gasteiger partial charge in [-0.25, -0.2) is 4.79 Å². The monoisotopic (exact) mass is 615 g/mol. The molecule has 5 heterocycles. The van der Waals surface area contributed by atoms with Crippen LogP contribution in [-0.4, -0.2) is 126 Å². The number of piperazine rings is 1.